The van der Waals surface area contributed by atoms with Gasteiger partial charge in [0.2, 0.25) is 0 Å². The lowest BCUT2D eigenvalue weighted by molar-refractivity contribution is 0.249. The van der Waals surface area contributed by atoms with Crippen molar-refractivity contribution in [3.63, 3.8) is 0 Å². The van der Waals surface area contributed by atoms with Crippen molar-refractivity contribution in [2.75, 3.05) is 5.32 Å². The highest BCUT2D eigenvalue weighted by molar-refractivity contribution is 5.88. The van der Waals surface area contributed by atoms with Crippen molar-refractivity contribution in [3.8, 4) is 0 Å². The van der Waals surface area contributed by atoms with Gasteiger partial charge in [-0.2, -0.15) is 5.10 Å². The van der Waals surface area contributed by atoms with Gasteiger partial charge in [-0.05, 0) is 30.7 Å². The molecule has 0 unspecified atom stereocenters. The Kier molecular flexibility index (Phi) is 5.03. The first-order valence-electron chi connectivity index (χ1n) is 7.86. The first-order chi connectivity index (χ1) is 12.1. The second-order valence-corrected chi connectivity index (χ2v) is 5.57. The molecule has 25 heavy (non-hydrogen) atoms. The second-order valence-electron chi connectivity index (χ2n) is 5.57. The number of halogens is 1. The Bertz CT molecular complexity index is 849. The van der Waals surface area contributed by atoms with Gasteiger partial charge in [0.05, 0.1) is 18.8 Å². The minimum atomic E-state index is -0.361. The number of anilines is 1. The summed E-state index contributed by atoms with van der Waals surface area (Å²) in [6, 6.07) is 11.3. The number of nitrogens with one attached hydrogen (secondary N) is 2. The molecule has 0 fully saturated rings. The lowest BCUT2D eigenvalue weighted by Gasteiger charge is -2.15. The molecule has 0 saturated heterocycles. The predicted molar refractivity (Wildman–Crippen MR) is 92.5 cm³/mol. The third-order valence-corrected chi connectivity index (χ3v) is 3.79. The zero-order valence-electron chi connectivity index (χ0n) is 13.7. The number of nitrogens with zero attached hydrogens (tertiary/aromatic N) is 3. The highest BCUT2D eigenvalue weighted by Gasteiger charge is 2.12. The van der Waals surface area contributed by atoms with E-state index in [9.17, 15) is 9.18 Å². The van der Waals surface area contributed by atoms with Crippen molar-refractivity contribution in [2.45, 2.75) is 19.5 Å². The molecule has 0 spiro atoms. The van der Waals surface area contributed by atoms with E-state index in [4.69, 9.17) is 0 Å². The lowest BCUT2D eigenvalue weighted by atomic mass is 10.1. The number of pyridine rings is 1. The third-order valence-electron chi connectivity index (χ3n) is 3.79. The van der Waals surface area contributed by atoms with Crippen LogP contribution in [0.3, 0.4) is 0 Å². The van der Waals surface area contributed by atoms with Gasteiger partial charge in [-0.25, -0.2) is 13.9 Å². The van der Waals surface area contributed by atoms with E-state index in [0.717, 1.165) is 5.56 Å². The molecule has 2 heterocycles. The topological polar surface area (TPSA) is 71.8 Å². The molecule has 0 aliphatic carbocycles. The van der Waals surface area contributed by atoms with Crippen molar-refractivity contribution in [1.29, 1.82) is 0 Å². The molecule has 2 N–H and O–H groups in total. The van der Waals surface area contributed by atoms with Crippen LogP contribution in [0, 0.1) is 5.82 Å². The van der Waals surface area contributed by atoms with Crippen LogP contribution in [0.15, 0.2) is 61.1 Å². The SMILES string of the molecule is C[C@@H](NC(=O)Nc1ccnn1Cc1ccccc1F)c1ccncc1. The van der Waals surface area contributed by atoms with Gasteiger partial charge in [0.15, 0.2) is 0 Å². The third kappa shape index (κ3) is 4.20. The van der Waals surface area contributed by atoms with Gasteiger partial charge in [0.25, 0.3) is 0 Å². The number of aromatic nitrogens is 3. The van der Waals surface area contributed by atoms with Crippen LogP contribution >= 0.6 is 0 Å². The molecule has 0 aliphatic rings. The molecule has 0 aliphatic heterocycles. The van der Waals surface area contributed by atoms with Gasteiger partial charge in [-0.3, -0.25) is 10.3 Å². The highest BCUT2D eigenvalue weighted by Crippen LogP contribution is 2.14. The second kappa shape index (κ2) is 7.57. The predicted octanol–water partition coefficient (Wildman–Crippen LogP) is 3.35. The number of benzene rings is 1. The monoisotopic (exact) mass is 339 g/mol. The Hall–Kier alpha value is -3.22. The summed E-state index contributed by atoms with van der Waals surface area (Å²) in [7, 11) is 0. The molecule has 7 heteroatoms. The summed E-state index contributed by atoms with van der Waals surface area (Å²) in [5, 5.41) is 9.73. The van der Waals surface area contributed by atoms with Gasteiger partial charge in [-0.15, -0.1) is 0 Å². The first kappa shape index (κ1) is 16.6. The molecule has 6 nitrogen and oxygen atoms in total. The summed E-state index contributed by atoms with van der Waals surface area (Å²) >= 11 is 0. The van der Waals surface area contributed by atoms with E-state index in [2.05, 4.69) is 20.7 Å². The summed E-state index contributed by atoms with van der Waals surface area (Å²) in [6.07, 6.45) is 4.91. The number of carbonyl (C=O) groups excluding carboxylic acids is 1. The Morgan fingerprint density at radius 2 is 1.92 bits per heavy atom. The average molecular weight is 339 g/mol. The Labute approximate surface area is 144 Å². The Morgan fingerprint density at radius 1 is 1.16 bits per heavy atom. The van der Waals surface area contributed by atoms with Crippen LogP contribution in [0.5, 0.6) is 0 Å². The van der Waals surface area contributed by atoms with Gasteiger partial charge in [-0.1, -0.05) is 18.2 Å². The number of carbonyl (C=O) groups is 1. The standard InChI is InChI=1S/C18H18FN5O/c1-13(14-6-9-20-10-7-14)22-18(25)23-17-8-11-21-24(17)12-15-4-2-3-5-16(15)19/h2-11,13H,12H2,1H3,(H2,22,23,25)/t13-/m1/s1. The fourth-order valence-corrected chi connectivity index (χ4v) is 2.44. The lowest BCUT2D eigenvalue weighted by Crippen LogP contribution is -2.32. The van der Waals surface area contributed by atoms with Gasteiger partial charge in [0.1, 0.15) is 11.6 Å². The van der Waals surface area contributed by atoms with Crippen LogP contribution in [-0.2, 0) is 6.54 Å². The molecule has 1 atom stereocenters. The minimum Gasteiger partial charge on any atom is -0.331 e. The van der Waals surface area contributed by atoms with Crippen molar-refractivity contribution < 1.29 is 9.18 Å². The Balaban J connectivity index is 1.65. The van der Waals surface area contributed by atoms with Crippen LogP contribution in [0.25, 0.3) is 0 Å². The number of amides is 2. The smallest absolute Gasteiger partial charge is 0.320 e. The van der Waals surface area contributed by atoms with E-state index in [1.165, 1.54) is 10.7 Å². The van der Waals surface area contributed by atoms with Gasteiger partial charge < -0.3 is 5.32 Å². The summed E-state index contributed by atoms with van der Waals surface area (Å²) in [5.41, 5.74) is 1.45. The van der Waals surface area contributed by atoms with Crippen LogP contribution in [0.4, 0.5) is 15.0 Å². The van der Waals surface area contributed by atoms with Crippen LogP contribution in [0.1, 0.15) is 24.1 Å². The maximum Gasteiger partial charge on any atom is 0.320 e. The fraction of sp³-hybridized carbons (Fsp3) is 0.167. The molecule has 0 radical (unpaired) electrons. The molecule has 1 aromatic carbocycles. The average Bonchev–Trinajstić information content (AvgIpc) is 3.04. The van der Waals surface area contributed by atoms with E-state index < -0.39 is 0 Å². The summed E-state index contributed by atoms with van der Waals surface area (Å²) < 4.78 is 15.3. The van der Waals surface area contributed by atoms with Crippen LogP contribution in [-0.4, -0.2) is 20.8 Å². The molecule has 128 valence electrons. The Morgan fingerprint density at radius 3 is 2.68 bits per heavy atom. The van der Waals surface area contributed by atoms with Gasteiger partial charge >= 0.3 is 6.03 Å². The number of hydrogen-bond acceptors (Lipinski definition) is 3. The summed E-state index contributed by atoms with van der Waals surface area (Å²) in [6.45, 7) is 2.11. The fourth-order valence-electron chi connectivity index (χ4n) is 2.44. The van der Waals surface area contributed by atoms with Crippen molar-refractivity contribution >= 4 is 11.8 Å². The highest BCUT2D eigenvalue weighted by atomic mass is 19.1. The van der Waals surface area contributed by atoms with Crippen molar-refractivity contribution in [3.05, 3.63) is 78.0 Å². The van der Waals surface area contributed by atoms with E-state index in [0.29, 0.717) is 11.4 Å². The molecular formula is C18H18FN5O. The molecule has 2 amide bonds. The van der Waals surface area contributed by atoms with Crippen LogP contribution in [0.2, 0.25) is 0 Å². The maximum atomic E-state index is 13.8. The normalized spacial score (nSPS) is 11.8. The molecule has 3 rings (SSSR count). The number of urea groups is 1. The van der Waals surface area contributed by atoms with Gasteiger partial charge in [0, 0.05) is 24.0 Å². The van der Waals surface area contributed by atoms with Crippen molar-refractivity contribution in [2.24, 2.45) is 0 Å². The molecule has 0 saturated carbocycles. The number of rotatable bonds is 5. The zero-order chi connectivity index (χ0) is 17.6. The van der Waals surface area contributed by atoms with E-state index in [-0.39, 0.29) is 24.4 Å². The number of hydrogen-bond donors (Lipinski definition) is 2. The van der Waals surface area contributed by atoms with Crippen molar-refractivity contribution in [1.82, 2.24) is 20.1 Å². The van der Waals surface area contributed by atoms with Crippen LogP contribution < -0.4 is 10.6 Å². The largest absolute Gasteiger partial charge is 0.331 e. The first-order valence-corrected chi connectivity index (χ1v) is 7.86. The zero-order valence-corrected chi connectivity index (χ0v) is 13.7. The van der Waals surface area contributed by atoms with E-state index in [1.54, 1.807) is 42.9 Å². The minimum absolute atomic E-state index is 0.175. The molecule has 2 aromatic heterocycles. The van der Waals surface area contributed by atoms with E-state index in [1.807, 2.05) is 19.1 Å². The maximum absolute atomic E-state index is 13.8. The molecular weight excluding hydrogens is 321 g/mol. The van der Waals surface area contributed by atoms with E-state index >= 15 is 0 Å². The molecule has 0 bridgehead atoms. The summed E-state index contributed by atoms with van der Waals surface area (Å²) in [5.74, 6) is 0.183. The summed E-state index contributed by atoms with van der Waals surface area (Å²) in [4.78, 5) is 16.2. The quantitative estimate of drug-likeness (QED) is 0.749. The molecule has 3 aromatic rings.